The first-order chi connectivity index (χ1) is 9.90. The zero-order valence-electron chi connectivity index (χ0n) is 13.2. The fourth-order valence-corrected chi connectivity index (χ4v) is 2.39. The van der Waals surface area contributed by atoms with E-state index in [2.05, 4.69) is 17.3 Å². The van der Waals surface area contributed by atoms with Gasteiger partial charge < -0.3 is 10.2 Å². The molecule has 0 aliphatic carbocycles. The van der Waals surface area contributed by atoms with E-state index in [0.717, 1.165) is 16.9 Å². The maximum Gasteiger partial charge on any atom is 0.255 e. The lowest BCUT2D eigenvalue weighted by molar-refractivity contribution is 0.0828. The molecule has 1 aromatic heterocycles. The van der Waals surface area contributed by atoms with Gasteiger partial charge in [-0.25, -0.2) is 0 Å². The van der Waals surface area contributed by atoms with Crippen LogP contribution in [0.5, 0.6) is 0 Å². The second-order valence-corrected chi connectivity index (χ2v) is 5.45. The van der Waals surface area contributed by atoms with Crippen LogP contribution in [0.25, 0.3) is 0 Å². The van der Waals surface area contributed by atoms with Crippen LogP contribution in [0.3, 0.4) is 0 Å². The molecule has 1 atom stereocenters. The van der Waals surface area contributed by atoms with Crippen LogP contribution < -0.4 is 5.32 Å². The van der Waals surface area contributed by atoms with Gasteiger partial charge in [-0.2, -0.15) is 5.10 Å². The van der Waals surface area contributed by atoms with Crippen LogP contribution in [0.1, 0.15) is 34.6 Å². The summed E-state index contributed by atoms with van der Waals surface area (Å²) in [5, 5.41) is 7.78. The predicted octanol–water partition coefficient (Wildman–Crippen LogP) is 2.60. The van der Waals surface area contributed by atoms with Crippen LogP contribution >= 0.6 is 0 Å². The van der Waals surface area contributed by atoms with Gasteiger partial charge in [0.15, 0.2) is 0 Å². The zero-order valence-corrected chi connectivity index (χ0v) is 13.2. The normalized spacial score (nSPS) is 12.0. The molecule has 1 amide bonds. The molecule has 0 bridgehead atoms. The van der Waals surface area contributed by atoms with Crippen molar-refractivity contribution >= 4 is 11.6 Å². The molecule has 21 heavy (non-hydrogen) atoms. The average Bonchev–Trinajstić information content (AvgIpc) is 2.77. The van der Waals surface area contributed by atoms with E-state index in [1.807, 2.05) is 44.4 Å². The molecule has 112 valence electrons. The lowest BCUT2D eigenvalue weighted by Gasteiger charge is -2.19. The molecule has 1 heterocycles. The molecular formula is C16H22N4O. The number of aromatic nitrogens is 2. The van der Waals surface area contributed by atoms with Crippen molar-refractivity contribution in [1.29, 1.82) is 0 Å². The van der Waals surface area contributed by atoms with E-state index >= 15 is 0 Å². The summed E-state index contributed by atoms with van der Waals surface area (Å²) in [5.74, 6) is -0.00629. The Morgan fingerprint density at radius 3 is 2.57 bits per heavy atom. The lowest BCUT2D eigenvalue weighted by atomic mass is 10.1. The van der Waals surface area contributed by atoms with E-state index in [4.69, 9.17) is 0 Å². The Balaban J connectivity index is 2.27. The minimum absolute atomic E-state index is 0.00629. The summed E-state index contributed by atoms with van der Waals surface area (Å²) in [4.78, 5) is 13.8. The molecule has 0 saturated carbocycles. The van der Waals surface area contributed by atoms with Crippen LogP contribution in [-0.4, -0.2) is 34.7 Å². The van der Waals surface area contributed by atoms with Crippen molar-refractivity contribution in [3.8, 4) is 0 Å². The molecule has 0 aliphatic heterocycles. The van der Waals surface area contributed by atoms with Crippen LogP contribution in [-0.2, 0) is 7.05 Å². The van der Waals surface area contributed by atoms with Gasteiger partial charge in [0.05, 0.1) is 17.3 Å². The fourth-order valence-electron chi connectivity index (χ4n) is 2.39. The number of para-hydroxylation sites is 1. The molecule has 0 radical (unpaired) electrons. The minimum atomic E-state index is -0.00629. The fraction of sp³-hybridized carbons (Fsp3) is 0.375. The van der Waals surface area contributed by atoms with E-state index < -0.39 is 0 Å². The molecule has 0 saturated heterocycles. The van der Waals surface area contributed by atoms with Gasteiger partial charge in [-0.15, -0.1) is 0 Å². The van der Waals surface area contributed by atoms with Gasteiger partial charge in [0, 0.05) is 38.6 Å². The van der Waals surface area contributed by atoms with Gasteiger partial charge in [0.2, 0.25) is 0 Å². The van der Waals surface area contributed by atoms with Crippen molar-refractivity contribution in [3.05, 3.63) is 47.3 Å². The highest BCUT2D eigenvalue weighted by Crippen LogP contribution is 2.24. The number of anilines is 1. The molecule has 1 unspecified atom stereocenters. The number of nitrogens with one attached hydrogen (secondary N) is 1. The molecule has 0 aliphatic rings. The molecule has 2 rings (SSSR count). The van der Waals surface area contributed by atoms with Crippen molar-refractivity contribution < 1.29 is 4.79 Å². The molecule has 1 aromatic carbocycles. The second-order valence-electron chi connectivity index (χ2n) is 5.45. The lowest BCUT2D eigenvalue weighted by Crippen LogP contribution is -2.23. The van der Waals surface area contributed by atoms with Crippen molar-refractivity contribution in [2.45, 2.75) is 19.9 Å². The SMILES string of the molecule is Cc1nn(C)cc1C(C)Nc1ccccc1C(=O)N(C)C. The van der Waals surface area contributed by atoms with Crippen molar-refractivity contribution in [2.75, 3.05) is 19.4 Å². The molecule has 0 spiro atoms. The molecular weight excluding hydrogens is 264 g/mol. The molecule has 5 heteroatoms. The monoisotopic (exact) mass is 286 g/mol. The summed E-state index contributed by atoms with van der Waals surface area (Å²) < 4.78 is 1.81. The average molecular weight is 286 g/mol. The maximum atomic E-state index is 12.2. The molecule has 2 aromatic rings. The summed E-state index contributed by atoms with van der Waals surface area (Å²) in [6.45, 7) is 4.06. The Bertz CT molecular complexity index is 645. The molecule has 0 fully saturated rings. The van der Waals surface area contributed by atoms with Gasteiger partial charge in [-0.3, -0.25) is 9.48 Å². The standard InChI is InChI=1S/C16H22N4O/c1-11(14-10-20(5)18-12(14)2)17-15-9-7-6-8-13(15)16(21)19(3)4/h6-11,17H,1-5H3. The van der Waals surface area contributed by atoms with Crippen molar-refractivity contribution in [3.63, 3.8) is 0 Å². The van der Waals surface area contributed by atoms with Gasteiger partial charge in [-0.05, 0) is 26.0 Å². The zero-order chi connectivity index (χ0) is 15.6. The highest BCUT2D eigenvalue weighted by Gasteiger charge is 2.16. The quantitative estimate of drug-likeness (QED) is 0.940. The van der Waals surface area contributed by atoms with E-state index in [1.165, 1.54) is 0 Å². The van der Waals surface area contributed by atoms with E-state index in [9.17, 15) is 4.79 Å². The Labute approximate surface area is 125 Å². The van der Waals surface area contributed by atoms with E-state index in [1.54, 1.807) is 23.7 Å². The number of benzene rings is 1. The number of hydrogen-bond donors (Lipinski definition) is 1. The third-order valence-corrected chi connectivity index (χ3v) is 3.45. The molecule has 1 N–H and O–H groups in total. The predicted molar refractivity (Wildman–Crippen MR) is 84.4 cm³/mol. The summed E-state index contributed by atoms with van der Waals surface area (Å²) >= 11 is 0. The van der Waals surface area contributed by atoms with Gasteiger partial charge in [0.1, 0.15) is 0 Å². The van der Waals surface area contributed by atoms with Crippen LogP contribution in [0, 0.1) is 6.92 Å². The van der Waals surface area contributed by atoms with Crippen molar-refractivity contribution in [2.24, 2.45) is 7.05 Å². The van der Waals surface area contributed by atoms with E-state index in [-0.39, 0.29) is 11.9 Å². The Morgan fingerprint density at radius 1 is 1.33 bits per heavy atom. The van der Waals surface area contributed by atoms with Gasteiger partial charge in [-0.1, -0.05) is 12.1 Å². The highest BCUT2D eigenvalue weighted by atomic mass is 16.2. The van der Waals surface area contributed by atoms with Gasteiger partial charge in [0.25, 0.3) is 5.91 Å². The summed E-state index contributed by atoms with van der Waals surface area (Å²) in [7, 11) is 5.42. The summed E-state index contributed by atoms with van der Waals surface area (Å²) in [5.41, 5.74) is 3.64. The first kappa shape index (κ1) is 15.1. The maximum absolute atomic E-state index is 12.2. The second kappa shape index (κ2) is 5.99. The number of nitrogens with zero attached hydrogens (tertiary/aromatic N) is 3. The van der Waals surface area contributed by atoms with Gasteiger partial charge >= 0.3 is 0 Å². The third-order valence-electron chi connectivity index (χ3n) is 3.45. The number of rotatable bonds is 4. The number of carbonyl (C=O) groups is 1. The first-order valence-electron chi connectivity index (χ1n) is 6.97. The Morgan fingerprint density at radius 2 is 2.00 bits per heavy atom. The third kappa shape index (κ3) is 3.24. The van der Waals surface area contributed by atoms with Crippen LogP contribution in [0.2, 0.25) is 0 Å². The van der Waals surface area contributed by atoms with E-state index in [0.29, 0.717) is 5.56 Å². The summed E-state index contributed by atoms with van der Waals surface area (Å²) in [6, 6.07) is 7.65. The number of hydrogen-bond acceptors (Lipinski definition) is 3. The van der Waals surface area contributed by atoms with Crippen LogP contribution in [0.4, 0.5) is 5.69 Å². The highest BCUT2D eigenvalue weighted by molar-refractivity contribution is 5.99. The smallest absolute Gasteiger partial charge is 0.255 e. The molecule has 5 nitrogen and oxygen atoms in total. The number of aryl methyl sites for hydroxylation is 2. The topological polar surface area (TPSA) is 50.2 Å². The Kier molecular flexibility index (Phi) is 4.31. The summed E-state index contributed by atoms with van der Waals surface area (Å²) in [6.07, 6.45) is 2.00. The van der Waals surface area contributed by atoms with Crippen molar-refractivity contribution in [1.82, 2.24) is 14.7 Å². The minimum Gasteiger partial charge on any atom is -0.378 e. The Hall–Kier alpha value is -2.30. The number of amides is 1. The first-order valence-corrected chi connectivity index (χ1v) is 6.97. The van der Waals surface area contributed by atoms with Crippen LogP contribution in [0.15, 0.2) is 30.5 Å². The number of carbonyl (C=O) groups excluding carboxylic acids is 1. The largest absolute Gasteiger partial charge is 0.378 e.